The second-order valence-electron chi connectivity index (χ2n) is 12.9. The number of hydrogen-bond acceptors (Lipinski definition) is 12. The number of nitrogens with zero attached hydrogens (tertiary/aromatic N) is 4. The van der Waals surface area contributed by atoms with Crippen LogP contribution in [-0.2, 0) is 31.2 Å². The highest BCUT2D eigenvalue weighted by Crippen LogP contribution is 2.41. The fraction of sp³-hybridized carbons (Fsp3) is 0.0750. The van der Waals surface area contributed by atoms with Crippen LogP contribution in [0, 0.1) is 0 Å². The number of phenols is 1. The lowest BCUT2D eigenvalue weighted by molar-refractivity contribution is -0.126. The zero-order valence-corrected chi connectivity index (χ0v) is 32.8. The molecule has 16 nitrogen and oxygen atoms in total. The number of benzene rings is 6. The predicted molar refractivity (Wildman–Crippen MR) is 223 cm³/mol. The lowest BCUT2D eigenvalue weighted by Crippen LogP contribution is -2.31. The molecule has 0 saturated heterocycles. The van der Waals surface area contributed by atoms with E-state index in [0.29, 0.717) is 44.5 Å². The molecule has 6 N–H and O–H groups in total. The number of Topliss-reactive ketones (excluding diaryl/α,β-unsaturated/α-hetero) is 1. The van der Waals surface area contributed by atoms with Gasteiger partial charge in [-0.15, -0.1) is 10.2 Å². The number of rotatable bonds is 13. The molecular weight excluding hydrogens is 823 g/mol. The van der Waals surface area contributed by atoms with Gasteiger partial charge >= 0.3 is 5.69 Å². The average Bonchev–Trinajstić information content (AvgIpc) is 3.58. The zero-order valence-electron chi connectivity index (χ0n) is 30.5. The predicted octanol–water partition coefficient (Wildman–Crippen LogP) is 9.57. The number of halogens is 2. The number of aromatic amines is 2. The summed E-state index contributed by atoms with van der Waals surface area (Å²) in [6, 6.07) is 27.4. The second kappa shape index (κ2) is 17.0. The summed E-state index contributed by atoms with van der Waals surface area (Å²) in [6.45, 7) is 1.13. The molecule has 7 rings (SSSR count). The van der Waals surface area contributed by atoms with E-state index in [9.17, 15) is 27.9 Å². The molecule has 0 aliphatic heterocycles. The van der Waals surface area contributed by atoms with Gasteiger partial charge in [0.2, 0.25) is 6.04 Å². The largest absolute Gasteiger partial charge is 0.505 e. The van der Waals surface area contributed by atoms with Crippen molar-refractivity contribution >= 4 is 95.3 Å². The monoisotopic (exact) mass is 852 g/mol. The topological polar surface area (TPSA) is 240 Å². The van der Waals surface area contributed by atoms with Crippen LogP contribution in [0.15, 0.2) is 139 Å². The molecule has 1 amide bonds. The number of azo groups is 2. The number of H-pyrrole nitrogens is 2. The lowest BCUT2D eigenvalue weighted by Gasteiger charge is -2.12. The highest BCUT2D eigenvalue weighted by Gasteiger charge is 2.24. The van der Waals surface area contributed by atoms with Gasteiger partial charge in [0.25, 0.3) is 16.0 Å². The quantitative estimate of drug-likeness (QED) is 0.0280. The molecule has 0 aliphatic carbocycles. The lowest BCUT2D eigenvalue weighted by atomic mass is 10.0. The van der Waals surface area contributed by atoms with E-state index in [1.54, 1.807) is 60.7 Å². The molecule has 6 aromatic carbocycles. The van der Waals surface area contributed by atoms with Gasteiger partial charge in [0.1, 0.15) is 29.4 Å². The minimum Gasteiger partial charge on any atom is -0.505 e. The number of hydrogen-bond donors (Lipinski definition) is 6. The van der Waals surface area contributed by atoms with Gasteiger partial charge in [0, 0.05) is 16.6 Å². The van der Waals surface area contributed by atoms with Crippen molar-refractivity contribution < 1.29 is 32.5 Å². The molecule has 7 aromatic rings. The summed E-state index contributed by atoms with van der Waals surface area (Å²) in [6.07, 6.45) is 0. The molecule has 298 valence electrons. The molecular formula is C40H30Cl2N8O8S. The van der Waals surface area contributed by atoms with E-state index in [-0.39, 0.29) is 50.0 Å². The van der Waals surface area contributed by atoms with E-state index >= 15 is 0 Å². The number of amides is 1. The number of ketones is 1. The SMILES string of the molecule is CC(=O)C(N=Nc1ccc(-c2ccc(N=Nc3c(O)c(CONc4ccc5[nH]c(=O)[nH]c5c4)cc4ccccc34)c(Cl)c2)cc1Cl)C(=O)Nc1ccc(S(=O)(=O)O)cc1. The number of fused-ring (bicyclic) bond motifs is 2. The van der Waals surface area contributed by atoms with Gasteiger partial charge in [-0.1, -0.05) is 59.6 Å². The number of aromatic hydroxyl groups is 1. The summed E-state index contributed by atoms with van der Waals surface area (Å²) in [5.74, 6) is -1.56. The second-order valence-corrected chi connectivity index (χ2v) is 15.2. The van der Waals surface area contributed by atoms with Crippen molar-refractivity contribution in [1.82, 2.24) is 9.97 Å². The third-order valence-electron chi connectivity index (χ3n) is 8.83. The number of anilines is 2. The third kappa shape index (κ3) is 9.35. The van der Waals surface area contributed by atoms with Crippen LogP contribution >= 0.6 is 23.2 Å². The fourth-order valence-corrected chi connectivity index (χ4v) is 6.79. The van der Waals surface area contributed by atoms with E-state index in [2.05, 4.69) is 41.2 Å². The van der Waals surface area contributed by atoms with Gasteiger partial charge < -0.3 is 20.4 Å². The highest BCUT2D eigenvalue weighted by atomic mass is 35.5. The van der Waals surface area contributed by atoms with Crippen LogP contribution in [0.1, 0.15) is 12.5 Å². The maximum atomic E-state index is 12.8. The fourth-order valence-electron chi connectivity index (χ4n) is 5.88. The highest BCUT2D eigenvalue weighted by molar-refractivity contribution is 7.85. The Hall–Kier alpha value is -6.76. The van der Waals surface area contributed by atoms with Gasteiger partial charge in [-0.05, 0) is 96.2 Å². The van der Waals surface area contributed by atoms with Crippen molar-refractivity contribution in [3.63, 3.8) is 0 Å². The van der Waals surface area contributed by atoms with Crippen molar-refractivity contribution in [1.29, 1.82) is 0 Å². The van der Waals surface area contributed by atoms with Crippen LogP contribution in [0.4, 0.5) is 28.4 Å². The zero-order chi connectivity index (χ0) is 41.8. The van der Waals surface area contributed by atoms with Gasteiger partial charge in [-0.25, -0.2) is 4.79 Å². The molecule has 0 spiro atoms. The maximum Gasteiger partial charge on any atom is 0.323 e. The maximum absolute atomic E-state index is 12.8. The van der Waals surface area contributed by atoms with E-state index in [1.165, 1.54) is 19.1 Å². The molecule has 59 heavy (non-hydrogen) atoms. The van der Waals surface area contributed by atoms with Crippen molar-refractivity contribution in [3.05, 3.63) is 135 Å². The standard InChI is InChI=1S/C40H30Cl2N8O8S/c1-21(51)36(39(53)43-26-8-11-28(12-9-26)59(55,56)57)48-46-32-13-6-22(17-30(32)41)23-7-14-33(31(42)18-23)47-49-37-29-5-3-2-4-24(29)16-25(38(37)52)20-58-50-27-10-15-34-35(19-27)45-40(54)44-34/h2-19,36,50,52H,20H2,1H3,(H,43,53)(H2,44,45,54)(H,55,56,57). The molecule has 1 unspecified atom stereocenters. The number of carbonyl (C=O) groups excluding carboxylic acids is 2. The Morgan fingerprint density at radius 3 is 2.10 bits per heavy atom. The summed E-state index contributed by atoms with van der Waals surface area (Å²) in [7, 11) is -4.42. The van der Waals surface area contributed by atoms with Crippen LogP contribution in [0.2, 0.25) is 10.0 Å². The Morgan fingerprint density at radius 1 is 0.797 bits per heavy atom. The van der Waals surface area contributed by atoms with Crippen LogP contribution < -0.4 is 16.5 Å². The van der Waals surface area contributed by atoms with Crippen LogP contribution in [-0.4, -0.2) is 45.8 Å². The summed E-state index contributed by atoms with van der Waals surface area (Å²) < 4.78 is 31.7. The van der Waals surface area contributed by atoms with Crippen molar-refractivity contribution in [2.45, 2.75) is 24.5 Å². The normalized spacial score (nSPS) is 12.4. The first-order valence-electron chi connectivity index (χ1n) is 17.4. The molecule has 0 radical (unpaired) electrons. The third-order valence-corrected chi connectivity index (χ3v) is 10.3. The first-order chi connectivity index (χ1) is 28.2. The van der Waals surface area contributed by atoms with Crippen molar-refractivity contribution in [2.24, 2.45) is 20.5 Å². The summed E-state index contributed by atoms with van der Waals surface area (Å²) in [5, 5.41) is 32.3. The number of carbonyl (C=O) groups is 2. The number of phenolic OH excluding ortho intramolecular Hbond substituents is 1. The van der Waals surface area contributed by atoms with Gasteiger partial charge in [-0.3, -0.25) is 24.5 Å². The summed E-state index contributed by atoms with van der Waals surface area (Å²) in [4.78, 5) is 47.4. The molecule has 1 heterocycles. The van der Waals surface area contributed by atoms with Crippen LogP contribution in [0.25, 0.3) is 32.9 Å². The molecule has 0 aliphatic rings. The van der Waals surface area contributed by atoms with Gasteiger partial charge in [-0.2, -0.15) is 18.6 Å². The molecule has 1 atom stereocenters. The molecule has 0 bridgehead atoms. The van der Waals surface area contributed by atoms with Gasteiger partial charge in [0.15, 0.2) is 5.78 Å². The Kier molecular flexibility index (Phi) is 11.6. The van der Waals surface area contributed by atoms with Gasteiger partial charge in [0.05, 0.1) is 31.7 Å². The summed E-state index contributed by atoms with van der Waals surface area (Å²) in [5.41, 5.74) is 6.98. The average molecular weight is 854 g/mol. The Labute approximate surface area is 344 Å². The van der Waals surface area contributed by atoms with E-state index in [4.69, 9.17) is 32.6 Å². The Bertz CT molecular complexity index is 3010. The van der Waals surface area contributed by atoms with Crippen LogP contribution in [0.3, 0.4) is 0 Å². The molecule has 0 fully saturated rings. The molecule has 1 aromatic heterocycles. The van der Waals surface area contributed by atoms with E-state index in [0.717, 1.165) is 17.5 Å². The molecule has 0 saturated carbocycles. The van der Waals surface area contributed by atoms with Crippen molar-refractivity contribution in [2.75, 3.05) is 10.8 Å². The minimum absolute atomic E-state index is 0.0371. The minimum atomic E-state index is -4.42. The Balaban J connectivity index is 1.04. The first kappa shape index (κ1) is 40.4. The molecule has 19 heteroatoms. The number of aromatic nitrogens is 2. The smallest absolute Gasteiger partial charge is 0.323 e. The van der Waals surface area contributed by atoms with Crippen molar-refractivity contribution in [3.8, 4) is 16.9 Å². The first-order valence-corrected chi connectivity index (χ1v) is 19.6. The number of imidazole rings is 1. The Morgan fingerprint density at radius 2 is 1.44 bits per heavy atom. The van der Waals surface area contributed by atoms with E-state index < -0.39 is 27.9 Å². The van der Waals surface area contributed by atoms with E-state index in [1.807, 2.05) is 24.3 Å². The van der Waals surface area contributed by atoms with Crippen LogP contribution in [0.5, 0.6) is 5.75 Å². The number of nitrogens with one attached hydrogen (secondary N) is 4. The summed E-state index contributed by atoms with van der Waals surface area (Å²) >= 11 is 13.2.